The van der Waals surface area contributed by atoms with Gasteiger partial charge in [-0.15, -0.1) is 0 Å². The molecule has 0 bridgehead atoms. The van der Waals surface area contributed by atoms with Crippen LogP contribution in [0.3, 0.4) is 0 Å². The summed E-state index contributed by atoms with van der Waals surface area (Å²) < 4.78 is 0. The molecule has 2 rings (SSSR count). The first-order valence-electron chi connectivity index (χ1n) is 4.94. The number of carbonyl (C=O) groups excluding carboxylic acids is 1. The molecule has 0 N–H and O–H groups in total. The lowest BCUT2D eigenvalue weighted by Crippen LogP contribution is -2.22. The van der Waals surface area contributed by atoms with Crippen molar-refractivity contribution < 1.29 is 14.5 Å². The van der Waals surface area contributed by atoms with Crippen LogP contribution in [-0.4, -0.2) is 26.9 Å². The minimum absolute atomic E-state index is 0.0196. The second kappa shape index (κ2) is 3.77. The molecule has 0 atom stereocenters. The minimum atomic E-state index is -0.487. The number of rotatable bonds is 2. The first kappa shape index (κ1) is 10.4. The average Bonchev–Trinajstić information content (AvgIpc) is 2.51. The van der Waals surface area contributed by atoms with Gasteiger partial charge in [0.2, 0.25) is 0 Å². The predicted molar refractivity (Wildman–Crippen MR) is 58.1 cm³/mol. The van der Waals surface area contributed by atoms with Gasteiger partial charge < -0.3 is 10.4 Å². The van der Waals surface area contributed by atoms with E-state index in [-0.39, 0.29) is 27.5 Å². The third kappa shape index (κ3) is 1.37. The molecule has 16 heavy (non-hydrogen) atoms. The highest BCUT2D eigenvalue weighted by atomic mass is 16.7. The zero-order chi connectivity index (χ0) is 11.7. The van der Waals surface area contributed by atoms with Gasteiger partial charge in [-0.3, -0.25) is 4.79 Å². The van der Waals surface area contributed by atoms with E-state index < -0.39 is 5.78 Å². The summed E-state index contributed by atoms with van der Waals surface area (Å²) in [6, 6.07) is 8.46. The number of ketones is 1. The van der Waals surface area contributed by atoms with Crippen LogP contribution in [0.2, 0.25) is 0 Å². The van der Waals surface area contributed by atoms with Crippen molar-refractivity contribution in [1.29, 1.82) is 0 Å². The van der Waals surface area contributed by atoms with E-state index in [9.17, 15) is 15.2 Å². The van der Waals surface area contributed by atoms with Gasteiger partial charge in [-0.25, -0.2) is 0 Å². The third-order valence-electron chi connectivity index (χ3n) is 2.45. The van der Waals surface area contributed by atoms with Crippen molar-refractivity contribution >= 4 is 17.2 Å². The normalized spacial score (nSPS) is 16.2. The lowest BCUT2D eigenvalue weighted by atomic mass is 10.0. The van der Waals surface area contributed by atoms with E-state index in [0.29, 0.717) is 5.56 Å². The highest BCUT2D eigenvalue weighted by Crippen LogP contribution is 2.09. The number of hydrazone groups is 2. The summed E-state index contributed by atoms with van der Waals surface area (Å²) in [7, 11) is 0. The van der Waals surface area contributed by atoms with E-state index in [2.05, 4.69) is 0 Å². The summed E-state index contributed by atoms with van der Waals surface area (Å²) in [5.41, 5.74) is 0.341. The number of nitrogens with zero attached hydrogens (tertiary/aromatic N) is 2. The van der Waals surface area contributed by atoms with Crippen molar-refractivity contribution in [2.45, 2.75) is 13.3 Å². The Labute approximate surface area is 92.1 Å². The Balaban J connectivity index is 2.52. The lowest BCUT2D eigenvalue weighted by molar-refractivity contribution is -1.05. The predicted octanol–water partition coefficient (Wildman–Crippen LogP) is 0.845. The summed E-state index contributed by atoms with van der Waals surface area (Å²) in [6.07, 6.45) is 0.247. The van der Waals surface area contributed by atoms with Gasteiger partial charge in [-0.1, -0.05) is 25.1 Å². The molecule has 82 valence electrons. The van der Waals surface area contributed by atoms with Gasteiger partial charge in [0, 0.05) is 6.42 Å². The summed E-state index contributed by atoms with van der Waals surface area (Å²) in [5.74, 6) is -0.487. The topological polar surface area (TPSA) is 69.2 Å². The molecule has 0 unspecified atom stereocenters. The second-order valence-corrected chi connectivity index (χ2v) is 3.39. The van der Waals surface area contributed by atoms with Crippen molar-refractivity contribution in [3.63, 3.8) is 0 Å². The minimum Gasteiger partial charge on any atom is -0.561 e. The molecule has 0 saturated heterocycles. The second-order valence-electron chi connectivity index (χ2n) is 3.39. The van der Waals surface area contributed by atoms with Gasteiger partial charge in [0.25, 0.3) is 0 Å². The third-order valence-corrected chi connectivity index (χ3v) is 2.45. The average molecular weight is 218 g/mol. The monoisotopic (exact) mass is 218 g/mol. The SMILES string of the molecule is CCC1=[N+]([O-])[N+]([O-])=C(c2ccccc2)C1=O. The van der Waals surface area contributed by atoms with Crippen LogP contribution in [0.15, 0.2) is 30.3 Å². The molecule has 0 saturated carbocycles. The molecule has 5 heteroatoms. The fourth-order valence-corrected chi connectivity index (χ4v) is 1.64. The van der Waals surface area contributed by atoms with Crippen LogP contribution in [0, 0.1) is 10.4 Å². The van der Waals surface area contributed by atoms with E-state index in [1.807, 2.05) is 0 Å². The molecule has 0 fully saturated rings. The summed E-state index contributed by atoms with van der Waals surface area (Å²) in [6.45, 7) is 1.67. The van der Waals surface area contributed by atoms with E-state index in [1.165, 1.54) is 0 Å². The quantitative estimate of drug-likeness (QED) is 0.545. The van der Waals surface area contributed by atoms with E-state index in [0.717, 1.165) is 0 Å². The van der Waals surface area contributed by atoms with Crippen LogP contribution in [0.25, 0.3) is 0 Å². The number of Topliss-reactive ketones (excluding diaryl/α,β-unsaturated/α-hetero) is 1. The molecule has 1 aliphatic rings. The fourth-order valence-electron chi connectivity index (χ4n) is 1.64. The molecule has 5 nitrogen and oxygen atoms in total. The highest BCUT2D eigenvalue weighted by molar-refractivity contribution is 6.68. The maximum Gasteiger partial charge on any atom is 0.348 e. The van der Waals surface area contributed by atoms with Crippen LogP contribution in [0.4, 0.5) is 0 Å². The van der Waals surface area contributed by atoms with Gasteiger partial charge in [0.15, 0.2) is 0 Å². The Bertz CT molecular complexity index is 503. The lowest BCUT2D eigenvalue weighted by Gasteiger charge is -1.97. The highest BCUT2D eigenvalue weighted by Gasteiger charge is 2.43. The van der Waals surface area contributed by atoms with Crippen LogP contribution in [-0.2, 0) is 4.79 Å². The van der Waals surface area contributed by atoms with Crippen molar-refractivity contribution in [2.75, 3.05) is 0 Å². The summed E-state index contributed by atoms with van der Waals surface area (Å²) >= 11 is 0. The van der Waals surface area contributed by atoms with E-state index in [1.54, 1.807) is 37.3 Å². The van der Waals surface area contributed by atoms with Gasteiger partial charge in [0.05, 0.1) is 15.3 Å². The number of carbonyl (C=O) groups is 1. The molecule has 1 aliphatic heterocycles. The van der Waals surface area contributed by atoms with Crippen LogP contribution < -0.4 is 0 Å². The van der Waals surface area contributed by atoms with Crippen LogP contribution >= 0.6 is 0 Å². The Hall–Kier alpha value is -2.17. The molecular weight excluding hydrogens is 208 g/mol. The van der Waals surface area contributed by atoms with Crippen molar-refractivity contribution in [3.05, 3.63) is 46.3 Å². The van der Waals surface area contributed by atoms with Crippen molar-refractivity contribution in [2.24, 2.45) is 0 Å². The number of hydrazine groups is 1. The first-order valence-corrected chi connectivity index (χ1v) is 4.94. The van der Waals surface area contributed by atoms with Crippen molar-refractivity contribution in [1.82, 2.24) is 0 Å². The first-order chi connectivity index (χ1) is 7.66. The molecule has 1 heterocycles. The molecule has 1 aromatic rings. The molecular formula is C11H10N2O3. The van der Waals surface area contributed by atoms with Crippen molar-refractivity contribution in [3.8, 4) is 0 Å². The zero-order valence-corrected chi connectivity index (χ0v) is 8.71. The summed E-state index contributed by atoms with van der Waals surface area (Å²) in [4.78, 5) is 12.0. The van der Waals surface area contributed by atoms with Gasteiger partial charge >= 0.3 is 17.2 Å². The maximum absolute atomic E-state index is 11.8. The zero-order valence-electron chi connectivity index (χ0n) is 8.71. The standard InChI is InChI=1S/C11H10N2O3/c1-2-9-11(14)10(13(16)12(9)15)8-6-4-3-5-7-8/h3-7H,2H2,1H3. The summed E-state index contributed by atoms with van der Waals surface area (Å²) in [5, 5.41) is 22.9. The number of hydrogen-bond acceptors (Lipinski definition) is 3. The van der Waals surface area contributed by atoms with Gasteiger partial charge in [-0.05, 0) is 12.1 Å². The molecule has 0 aliphatic carbocycles. The Morgan fingerprint density at radius 1 is 1.12 bits per heavy atom. The Kier molecular flexibility index (Phi) is 2.44. The maximum atomic E-state index is 11.8. The van der Waals surface area contributed by atoms with Crippen LogP contribution in [0.1, 0.15) is 18.9 Å². The smallest absolute Gasteiger partial charge is 0.348 e. The number of hydrogen-bond donors (Lipinski definition) is 0. The molecule has 0 amide bonds. The Morgan fingerprint density at radius 3 is 2.25 bits per heavy atom. The molecule has 1 aromatic carbocycles. The number of benzene rings is 1. The molecule has 0 aromatic heterocycles. The van der Waals surface area contributed by atoms with Gasteiger partial charge in [0.1, 0.15) is 0 Å². The Morgan fingerprint density at radius 2 is 1.75 bits per heavy atom. The molecule has 0 radical (unpaired) electrons. The van der Waals surface area contributed by atoms with Gasteiger partial charge in [-0.2, -0.15) is 0 Å². The largest absolute Gasteiger partial charge is 0.561 e. The van der Waals surface area contributed by atoms with E-state index in [4.69, 9.17) is 0 Å². The van der Waals surface area contributed by atoms with Crippen LogP contribution in [0.5, 0.6) is 0 Å². The van der Waals surface area contributed by atoms with E-state index >= 15 is 0 Å². The fraction of sp³-hybridized carbons (Fsp3) is 0.182. The molecule has 0 spiro atoms.